The number of allylic oxidation sites excluding steroid dienone is 13. The topological polar surface area (TPSA) is 0 Å². The first-order chi connectivity index (χ1) is 18.1. The van der Waals surface area contributed by atoms with E-state index in [0.717, 1.165) is 6.42 Å². The normalized spacial score (nSPS) is 19.8. The minimum atomic E-state index is 0.153. The van der Waals surface area contributed by atoms with Gasteiger partial charge in [-0.15, -0.1) is 0 Å². The first kappa shape index (κ1) is 28.6. The Balaban J connectivity index is 0.000000149. The van der Waals surface area contributed by atoms with Gasteiger partial charge in [0.25, 0.3) is 0 Å². The maximum atomic E-state index is 3.70. The van der Waals surface area contributed by atoms with E-state index in [9.17, 15) is 0 Å². The molecule has 2 unspecified atom stereocenters. The Morgan fingerprint density at radius 2 is 1.58 bits per heavy atom. The van der Waals surface area contributed by atoms with Crippen molar-refractivity contribution < 1.29 is 0 Å². The predicted molar refractivity (Wildman–Crippen MR) is 174 cm³/mol. The maximum absolute atomic E-state index is 3.70. The molecule has 0 nitrogen and oxygen atoms in total. The highest BCUT2D eigenvalue weighted by atomic mass is 79.9. The van der Waals surface area contributed by atoms with Crippen molar-refractivity contribution in [2.24, 2.45) is 5.41 Å². The van der Waals surface area contributed by atoms with Crippen molar-refractivity contribution in [1.29, 1.82) is 0 Å². The van der Waals surface area contributed by atoms with Crippen LogP contribution >= 0.6 is 31.9 Å². The van der Waals surface area contributed by atoms with Crippen LogP contribution in [0.25, 0.3) is 11.6 Å². The second-order valence-electron chi connectivity index (χ2n) is 11.1. The Bertz CT molecular complexity index is 1400. The molecule has 0 fully saturated rings. The van der Waals surface area contributed by atoms with E-state index in [0.29, 0.717) is 11.8 Å². The molecule has 0 spiro atoms. The second kappa shape index (κ2) is 12.2. The van der Waals surface area contributed by atoms with Gasteiger partial charge >= 0.3 is 0 Å². The molecule has 4 aliphatic rings. The molecular formula is C36H38Br2. The van der Waals surface area contributed by atoms with E-state index in [2.05, 4.69) is 171 Å². The van der Waals surface area contributed by atoms with E-state index in [-0.39, 0.29) is 5.41 Å². The van der Waals surface area contributed by atoms with E-state index in [4.69, 9.17) is 0 Å². The number of rotatable bonds is 2. The van der Waals surface area contributed by atoms with Crippen molar-refractivity contribution in [2.45, 2.75) is 59.8 Å². The Kier molecular flexibility index (Phi) is 9.16. The van der Waals surface area contributed by atoms with Gasteiger partial charge in [-0.3, -0.25) is 0 Å². The molecule has 0 bridgehead atoms. The summed E-state index contributed by atoms with van der Waals surface area (Å²) in [7, 11) is 0. The molecule has 0 saturated heterocycles. The lowest BCUT2D eigenvalue weighted by molar-refractivity contribution is 0.410. The lowest BCUT2D eigenvalue weighted by Crippen LogP contribution is -2.21. The van der Waals surface area contributed by atoms with Crippen molar-refractivity contribution >= 4 is 43.5 Å². The summed E-state index contributed by atoms with van der Waals surface area (Å²) in [6, 6.07) is 12.9. The van der Waals surface area contributed by atoms with Crippen molar-refractivity contribution in [2.75, 3.05) is 0 Å². The van der Waals surface area contributed by atoms with Gasteiger partial charge < -0.3 is 0 Å². The van der Waals surface area contributed by atoms with Crippen LogP contribution in [0.4, 0.5) is 0 Å². The molecule has 0 amide bonds. The molecular weight excluding hydrogens is 592 g/mol. The van der Waals surface area contributed by atoms with Gasteiger partial charge in [0.05, 0.1) is 0 Å². The molecule has 2 heteroatoms. The zero-order valence-corrected chi connectivity index (χ0v) is 26.5. The summed E-state index contributed by atoms with van der Waals surface area (Å²) in [6.45, 7) is 13.4. The first-order valence-electron chi connectivity index (χ1n) is 13.4. The van der Waals surface area contributed by atoms with Crippen molar-refractivity contribution in [3.05, 3.63) is 139 Å². The van der Waals surface area contributed by atoms with E-state index in [1.165, 1.54) is 53.5 Å². The molecule has 2 aromatic rings. The third-order valence-electron chi connectivity index (χ3n) is 7.83. The smallest absolute Gasteiger partial charge is 0.0253 e. The van der Waals surface area contributed by atoms with E-state index >= 15 is 0 Å². The van der Waals surface area contributed by atoms with Gasteiger partial charge in [-0.1, -0.05) is 143 Å². The number of halogens is 2. The number of hydrogen-bond acceptors (Lipinski definition) is 0. The first-order valence-corrected chi connectivity index (χ1v) is 15.0. The molecule has 2 atom stereocenters. The molecule has 38 heavy (non-hydrogen) atoms. The quantitative estimate of drug-likeness (QED) is 0.310. The maximum Gasteiger partial charge on any atom is 0.0253 e. The summed E-state index contributed by atoms with van der Waals surface area (Å²) in [5.41, 5.74) is 11.4. The van der Waals surface area contributed by atoms with Crippen LogP contribution in [0.5, 0.6) is 0 Å². The van der Waals surface area contributed by atoms with Crippen LogP contribution in [0.3, 0.4) is 0 Å². The van der Waals surface area contributed by atoms with Gasteiger partial charge in [-0.05, 0) is 83.7 Å². The molecule has 2 aromatic carbocycles. The zero-order chi connectivity index (χ0) is 27.4. The summed E-state index contributed by atoms with van der Waals surface area (Å²) >= 11 is 7.24. The summed E-state index contributed by atoms with van der Waals surface area (Å²) in [5.74, 6) is 1.04. The van der Waals surface area contributed by atoms with Crippen molar-refractivity contribution in [1.82, 2.24) is 0 Å². The fourth-order valence-electron chi connectivity index (χ4n) is 5.58. The largest absolute Gasteiger partial charge is 0.0804 e. The molecule has 0 N–H and O–H groups in total. The molecule has 4 aliphatic carbocycles. The Morgan fingerprint density at radius 3 is 2.18 bits per heavy atom. The lowest BCUT2D eigenvalue weighted by Gasteiger charge is -2.32. The average Bonchev–Trinajstić information content (AvgIpc) is 3.68. The summed E-state index contributed by atoms with van der Waals surface area (Å²) < 4.78 is 2.44. The van der Waals surface area contributed by atoms with Gasteiger partial charge in [-0.25, -0.2) is 0 Å². The van der Waals surface area contributed by atoms with Gasteiger partial charge in [0.2, 0.25) is 0 Å². The van der Waals surface area contributed by atoms with E-state index in [1.807, 2.05) is 0 Å². The van der Waals surface area contributed by atoms with Crippen LogP contribution in [0.2, 0.25) is 0 Å². The Hall–Kier alpha value is -2.42. The minimum absolute atomic E-state index is 0.153. The molecule has 0 saturated carbocycles. The van der Waals surface area contributed by atoms with Crippen LogP contribution in [-0.4, -0.2) is 0 Å². The Morgan fingerprint density at radius 1 is 0.895 bits per heavy atom. The fraction of sp³-hybridized carbons (Fsp3) is 0.278. The van der Waals surface area contributed by atoms with Crippen LogP contribution in [0.15, 0.2) is 117 Å². The highest BCUT2D eigenvalue weighted by Gasteiger charge is 2.37. The summed E-state index contributed by atoms with van der Waals surface area (Å²) in [6.07, 6.45) is 23.2. The molecule has 0 heterocycles. The number of benzene rings is 2. The van der Waals surface area contributed by atoms with E-state index < -0.39 is 0 Å². The van der Waals surface area contributed by atoms with Gasteiger partial charge in [0.15, 0.2) is 0 Å². The third kappa shape index (κ3) is 6.08. The monoisotopic (exact) mass is 628 g/mol. The zero-order valence-electron chi connectivity index (χ0n) is 23.4. The van der Waals surface area contributed by atoms with Crippen molar-refractivity contribution in [3.63, 3.8) is 0 Å². The molecule has 0 aromatic heterocycles. The highest BCUT2D eigenvalue weighted by molar-refractivity contribution is 9.10. The molecule has 0 aliphatic heterocycles. The average molecular weight is 631 g/mol. The molecule has 6 rings (SSSR count). The number of fused-ring (bicyclic) bond motifs is 2. The molecule has 0 radical (unpaired) electrons. The van der Waals surface area contributed by atoms with Crippen LogP contribution in [0.1, 0.15) is 82.1 Å². The van der Waals surface area contributed by atoms with Gasteiger partial charge in [0.1, 0.15) is 0 Å². The molecule has 196 valence electrons. The second-order valence-corrected chi connectivity index (χ2v) is 12.8. The van der Waals surface area contributed by atoms with Crippen molar-refractivity contribution in [3.8, 4) is 0 Å². The summed E-state index contributed by atoms with van der Waals surface area (Å²) in [5, 5.41) is 0. The third-order valence-corrected chi connectivity index (χ3v) is 9.18. The SMILES string of the molecule is CC(C)=C1C=CC=C1.CC1=CC(C(C)(C)C2=CCC=C2)c2cccc(Br)c21.CC1C=Cc2cccc(Br)c21. The van der Waals surface area contributed by atoms with E-state index in [1.54, 1.807) is 0 Å². The summed E-state index contributed by atoms with van der Waals surface area (Å²) in [4.78, 5) is 0. The van der Waals surface area contributed by atoms with Crippen LogP contribution < -0.4 is 0 Å². The minimum Gasteiger partial charge on any atom is -0.0804 e. The standard InChI is InChI=1S/C18H19Br.C10H9Br.C8H10/c1-12-11-15(14-9-6-10-16(19)17(12)14)18(2,3)13-7-4-5-8-13;1-7-5-6-8-3-2-4-9(11)10(7)8;1-7(2)8-5-3-4-6-8/h4,6-11,15H,5H2,1-3H3;2-7H,1H3;3-6H,1-2H3. The van der Waals surface area contributed by atoms with Crippen LogP contribution in [-0.2, 0) is 0 Å². The van der Waals surface area contributed by atoms with Gasteiger partial charge in [-0.2, -0.15) is 0 Å². The fourth-order valence-corrected chi connectivity index (χ4v) is 7.02. The Labute approximate surface area is 246 Å². The van der Waals surface area contributed by atoms with Crippen LogP contribution in [0, 0.1) is 5.41 Å². The lowest BCUT2D eigenvalue weighted by atomic mass is 9.71. The van der Waals surface area contributed by atoms with Gasteiger partial charge in [0, 0.05) is 20.8 Å². The predicted octanol–water partition coefficient (Wildman–Crippen LogP) is 11.9. The number of hydrogen-bond donors (Lipinski definition) is 0. The highest BCUT2D eigenvalue weighted by Crippen LogP contribution is 2.51.